The summed E-state index contributed by atoms with van der Waals surface area (Å²) in [5.41, 5.74) is 6.98. The van der Waals surface area contributed by atoms with Crippen molar-refractivity contribution in [2.24, 2.45) is 5.73 Å². The smallest absolute Gasteiger partial charge is 0.244 e. The highest BCUT2D eigenvalue weighted by atomic mass is 35.5. The molecule has 1 aromatic carbocycles. The first-order chi connectivity index (χ1) is 9.15. The molecule has 0 heterocycles. The predicted molar refractivity (Wildman–Crippen MR) is 88.3 cm³/mol. The van der Waals surface area contributed by atoms with Gasteiger partial charge in [-0.15, -0.1) is 12.4 Å². The lowest BCUT2D eigenvalue weighted by molar-refractivity contribution is -0.133. The monoisotopic (exact) mass is 314 g/mol. The Morgan fingerprint density at radius 2 is 2.00 bits per heavy atom. The van der Waals surface area contributed by atoms with Crippen LogP contribution in [0.3, 0.4) is 0 Å². The van der Waals surface area contributed by atoms with Gasteiger partial charge in [0.15, 0.2) is 0 Å². The molecular weight excluding hydrogens is 292 g/mol. The Kier molecular flexibility index (Phi) is 6.86. The number of nitrogens with two attached hydrogens (primary N) is 1. The van der Waals surface area contributed by atoms with Crippen LogP contribution in [0, 0.1) is 0 Å². The second kappa shape index (κ2) is 7.91. The summed E-state index contributed by atoms with van der Waals surface area (Å²) in [6, 6.07) is 9.39. The molecule has 0 aliphatic heterocycles. The summed E-state index contributed by atoms with van der Waals surface area (Å²) in [4.78, 5) is 14.4. The van der Waals surface area contributed by atoms with E-state index in [4.69, 9.17) is 5.73 Å². The Morgan fingerprint density at radius 1 is 1.35 bits per heavy atom. The van der Waals surface area contributed by atoms with E-state index in [9.17, 15) is 4.79 Å². The summed E-state index contributed by atoms with van der Waals surface area (Å²) in [6.07, 6.45) is 5.62. The second-order valence-electron chi connectivity index (χ2n) is 5.11. The molecule has 0 radical (unpaired) electrons. The zero-order chi connectivity index (χ0) is 13.8. The van der Waals surface area contributed by atoms with E-state index in [0.29, 0.717) is 11.3 Å². The Balaban J connectivity index is 0.00000200. The van der Waals surface area contributed by atoms with Crippen LogP contribution in [0.4, 0.5) is 0 Å². The van der Waals surface area contributed by atoms with Crippen LogP contribution in [0.5, 0.6) is 0 Å². The van der Waals surface area contributed by atoms with Gasteiger partial charge in [0, 0.05) is 18.3 Å². The third kappa shape index (κ3) is 3.68. The van der Waals surface area contributed by atoms with E-state index in [1.165, 1.54) is 12.8 Å². The molecule has 1 saturated carbocycles. The van der Waals surface area contributed by atoms with Gasteiger partial charge in [-0.2, -0.15) is 11.8 Å². The molecule has 1 fully saturated rings. The van der Waals surface area contributed by atoms with Crippen molar-refractivity contribution in [1.29, 1.82) is 0 Å². The fourth-order valence-corrected chi connectivity index (χ4v) is 3.85. The van der Waals surface area contributed by atoms with E-state index < -0.39 is 6.04 Å². The van der Waals surface area contributed by atoms with Gasteiger partial charge < -0.3 is 10.6 Å². The molecule has 2 N–H and O–H groups in total. The summed E-state index contributed by atoms with van der Waals surface area (Å²) in [7, 11) is 1.89. The quantitative estimate of drug-likeness (QED) is 0.929. The summed E-state index contributed by atoms with van der Waals surface area (Å²) >= 11 is 1.86. The van der Waals surface area contributed by atoms with Crippen molar-refractivity contribution in [3.63, 3.8) is 0 Å². The van der Waals surface area contributed by atoms with Crippen LogP contribution in [0.15, 0.2) is 30.3 Å². The minimum atomic E-state index is -0.547. The number of likely N-dealkylation sites (N-methyl/N-ethyl adjacent to an activating group) is 1. The van der Waals surface area contributed by atoms with E-state index in [0.717, 1.165) is 12.0 Å². The number of amides is 1. The van der Waals surface area contributed by atoms with Crippen molar-refractivity contribution in [2.75, 3.05) is 13.3 Å². The highest BCUT2D eigenvalue weighted by Crippen LogP contribution is 2.32. The lowest BCUT2D eigenvalue weighted by Crippen LogP contribution is -2.44. The molecule has 3 atom stereocenters. The number of halogens is 1. The maximum atomic E-state index is 12.5. The predicted octanol–water partition coefficient (Wildman–Crippen LogP) is 2.85. The number of nitrogens with zero attached hydrogens (tertiary/aromatic N) is 1. The molecule has 1 aliphatic carbocycles. The SMILES string of the molecule is CSC1CCCC1N(C)C(=O)C(N)c1ccccc1.Cl. The lowest BCUT2D eigenvalue weighted by Gasteiger charge is -2.31. The third-order valence-corrected chi connectivity index (χ3v) is 5.15. The number of carbonyl (C=O) groups excluding carboxylic acids is 1. The summed E-state index contributed by atoms with van der Waals surface area (Å²) in [6.45, 7) is 0. The van der Waals surface area contributed by atoms with Gasteiger partial charge in [-0.25, -0.2) is 0 Å². The summed E-state index contributed by atoms with van der Waals surface area (Å²) in [5.74, 6) is 0.0251. The first kappa shape index (κ1) is 17.3. The first-order valence-electron chi connectivity index (χ1n) is 6.75. The van der Waals surface area contributed by atoms with Crippen LogP contribution >= 0.6 is 24.2 Å². The van der Waals surface area contributed by atoms with Gasteiger partial charge in [0.05, 0.1) is 0 Å². The Bertz CT molecular complexity index is 429. The molecule has 1 amide bonds. The summed E-state index contributed by atoms with van der Waals surface area (Å²) < 4.78 is 0. The standard InChI is InChI=1S/C15H22N2OS.ClH/c1-17(12-9-6-10-13(12)19-2)15(18)14(16)11-7-4-3-5-8-11;/h3-5,7-8,12-14H,6,9-10,16H2,1-2H3;1H. The fourth-order valence-electron chi connectivity index (χ4n) is 2.81. The molecule has 1 aromatic rings. The van der Waals surface area contributed by atoms with Crippen LogP contribution < -0.4 is 5.73 Å². The molecule has 0 bridgehead atoms. The van der Waals surface area contributed by atoms with Crippen molar-refractivity contribution < 1.29 is 4.79 Å². The highest BCUT2D eigenvalue weighted by Gasteiger charge is 2.34. The normalized spacial score (nSPS) is 22.9. The Labute approximate surface area is 131 Å². The molecule has 0 spiro atoms. The van der Waals surface area contributed by atoms with E-state index in [1.807, 2.05) is 54.0 Å². The molecule has 3 unspecified atom stereocenters. The van der Waals surface area contributed by atoms with Gasteiger partial charge in [-0.3, -0.25) is 4.79 Å². The number of thioether (sulfide) groups is 1. The average Bonchev–Trinajstić information content (AvgIpc) is 2.94. The largest absolute Gasteiger partial charge is 0.340 e. The first-order valence-corrected chi connectivity index (χ1v) is 8.04. The molecule has 2 rings (SSSR count). The van der Waals surface area contributed by atoms with Crippen LogP contribution in [0.25, 0.3) is 0 Å². The Morgan fingerprint density at radius 3 is 2.60 bits per heavy atom. The minimum Gasteiger partial charge on any atom is -0.340 e. The molecular formula is C15H23ClN2OS. The maximum absolute atomic E-state index is 12.5. The van der Waals surface area contributed by atoms with E-state index in [1.54, 1.807) is 0 Å². The lowest BCUT2D eigenvalue weighted by atomic mass is 10.1. The van der Waals surface area contributed by atoms with Crippen molar-refractivity contribution in [3.8, 4) is 0 Å². The van der Waals surface area contributed by atoms with Crippen LogP contribution in [-0.2, 0) is 4.79 Å². The highest BCUT2D eigenvalue weighted by molar-refractivity contribution is 7.99. The van der Waals surface area contributed by atoms with Gasteiger partial charge in [-0.05, 0) is 24.7 Å². The van der Waals surface area contributed by atoms with E-state index in [-0.39, 0.29) is 18.3 Å². The van der Waals surface area contributed by atoms with E-state index in [2.05, 4.69) is 6.26 Å². The third-order valence-electron chi connectivity index (χ3n) is 3.99. The zero-order valence-electron chi connectivity index (χ0n) is 12.0. The van der Waals surface area contributed by atoms with Gasteiger partial charge in [0.25, 0.3) is 0 Å². The van der Waals surface area contributed by atoms with Gasteiger partial charge >= 0.3 is 0 Å². The Hall–Kier alpha value is -0.710. The average molecular weight is 315 g/mol. The number of rotatable bonds is 4. The van der Waals surface area contributed by atoms with Crippen LogP contribution in [0.2, 0.25) is 0 Å². The van der Waals surface area contributed by atoms with E-state index >= 15 is 0 Å². The number of hydrogen-bond acceptors (Lipinski definition) is 3. The molecule has 5 heteroatoms. The molecule has 0 aromatic heterocycles. The maximum Gasteiger partial charge on any atom is 0.244 e. The zero-order valence-corrected chi connectivity index (χ0v) is 13.6. The fraction of sp³-hybridized carbons (Fsp3) is 0.533. The summed E-state index contributed by atoms with van der Waals surface area (Å²) in [5, 5.41) is 0.553. The van der Waals surface area contributed by atoms with Gasteiger partial charge in [-0.1, -0.05) is 36.8 Å². The number of carbonyl (C=O) groups is 1. The van der Waals surface area contributed by atoms with Gasteiger partial charge in [0.1, 0.15) is 6.04 Å². The number of benzene rings is 1. The molecule has 20 heavy (non-hydrogen) atoms. The van der Waals surface area contributed by atoms with Crippen molar-refractivity contribution >= 4 is 30.1 Å². The van der Waals surface area contributed by atoms with Crippen LogP contribution in [0.1, 0.15) is 30.9 Å². The molecule has 112 valence electrons. The topological polar surface area (TPSA) is 46.3 Å². The molecule has 0 saturated heterocycles. The van der Waals surface area contributed by atoms with Crippen molar-refractivity contribution in [2.45, 2.75) is 36.6 Å². The molecule has 3 nitrogen and oxygen atoms in total. The van der Waals surface area contributed by atoms with Crippen molar-refractivity contribution in [3.05, 3.63) is 35.9 Å². The number of hydrogen-bond donors (Lipinski definition) is 1. The second-order valence-corrected chi connectivity index (χ2v) is 6.19. The minimum absolute atomic E-state index is 0. The van der Waals surface area contributed by atoms with Gasteiger partial charge in [0.2, 0.25) is 5.91 Å². The molecule has 1 aliphatic rings. The van der Waals surface area contributed by atoms with Crippen molar-refractivity contribution in [1.82, 2.24) is 4.90 Å². The van der Waals surface area contributed by atoms with Crippen LogP contribution in [-0.4, -0.2) is 35.4 Å².